The number of aromatic amines is 1. The molecule has 0 saturated heterocycles. The number of benzene rings is 1. The maximum Gasteiger partial charge on any atom is 0.258 e. The highest BCUT2D eigenvalue weighted by Crippen LogP contribution is 2.19. The predicted octanol–water partition coefficient (Wildman–Crippen LogP) is 1.43. The van der Waals surface area contributed by atoms with E-state index >= 15 is 0 Å². The third-order valence-electron chi connectivity index (χ3n) is 2.59. The molecule has 0 fully saturated rings. The molecule has 2 rings (SSSR count). The average molecular weight is 245 g/mol. The molecule has 0 saturated carbocycles. The van der Waals surface area contributed by atoms with Crippen molar-refractivity contribution < 1.29 is 4.79 Å². The van der Waals surface area contributed by atoms with Crippen molar-refractivity contribution >= 4 is 17.5 Å². The lowest BCUT2D eigenvalue weighted by atomic mass is 10.1. The fourth-order valence-corrected chi connectivity index (χ4v) is 1.74. The summed E-state index contributed by atoms with van der Waals surface area (Å²) in [5, 5.41) is 8.88. The van der Waals surface area contributed by atoms with Crippen LogP contribution in [0.15, 0.2) is 24.5 Å². The van der Waals surface area contributed by atoms with Gasteiger partial charge in [0, 0.05) is 25.3 Å². The Kier molecular flexibility index (Phi) is 3.27. The summed E-state index contributed by atoms with van der Waals surface area (Å²) < 4.78 is 0. The number of aromatic nitrogens is 3. The molecule has 6 heteroatoms. The number of anilines is 2. The molecule has 2 aromatic rings. The molecule has 6 nitrogen and oxygen atoms in total. The van der Waals surface area contributed by atoms with Crippen molar-refractivity contribution in [2.75, 3.05) is 24.3 Å². The summed E-state index contributed by atoms with van der Waals surface area (Å²) in [6.45, 7) is 1.97. The molecular formula is C12H15N5O. The molecule has 0 radical (unpaired) electrons. The van der Waals surface area contributed by atoms with Gasteiger partial charge in [0.1, 0.15) is 6.33 Å². The Bertz CT molecular complexity index is 548. The van der Waals surface area contributed by atoms with Crippen LogP contribution < -0.4 is 10.2 Å². The average Bonchev–Trinajstić information content (AvgIpc) is 2.81. The molecule has 1 aromatic carbocycles. The van der Waals surface area contributed by atoms with E-state index in [2.05, 4.69) is 20.5 Å². The lowest BCUT2D eigenvalue weighted by molar-refractivity contribution is 0.102. The second-order valence-electron chi connectivity index (χ2n) is 4.18. The molecule has 1 amide bonds. The zero-order valence-electron chi connectivity index (χ0n) is 10.6. The van der Waals surface area contributed by atoms with E-state index in [1.54, 1.807) is 6.07 Å². The van der Waals surface area contributed by atoms with Crippen molar-refractivity contribution in [3.8, 4) is 0 Å². The van der Waals surface area contributed by atoms with Gasteiger partial charge in [-0.25, -0.2) is 5.10 Å². The largest absolute Gasteiger partial charge is 0.377 e. The van der Waals surface area contributed by atoms with Gasteiger partial charge in [0.25, 0.3) is 5.91 Å². The second-order valence-corrected chi connectivity index (χ2v) is 4.18. The second kappa shape index (κ2) is 4.87. The number of nitrogens with zero attached hydrogens (tertiary/aromatic N) is 3. The first-order valence-electron chi connectivity index (χ1n) is 5.52. The van der Waals surface area contributed by atoms with Gasteiger partial charge in [0.15, 0.2) is 0 Å². The lowest BCUT2D eigenvalue weighted by Crippen LogP contribution is -2.15. The Morgan fingerprint density at radius 3 is 2.72 bits per heavy atom. The first-order chi connectivity index (χ1) is 8.58. The Labute approximate surface area is 105 Å². The normalized spacial score (nSPS) is 10.2. The molecule has 0 aliphatic heterocycles. The fraction of sp³-hybridized carbons (Fsp3) is 0.250. The number of amides is 1. The standard InChI is InChI=1S/C12H15N5O/c1-8-6-9(4-5-10(8)17(2)3)11(18)15-12-13-7-14-16-12/h4-7H,1-3H3,(H2,13,14,15,16,18). The van der Waals surface area contributed by atoms with Gasteiger partial charge in [0.05, 0.1) is 0 Å². The molecule has 1 aromatic heterocycles. The minimum Gasteiger partial charge on any atom is -0.377 e. The molecule has 0 unspecified atom stereocenters. The number of nitrogens with one attached hydrogen (secondary N) is 2. The van der Waals surface area contributed by atoms with Crippen LogP contribution in [0.5, 0.6) is 0 Å². The summed E-state index contributed by atoms with van der Waals surface area (Å²) in [6, 6.07) is 5.56. The molecular weight excluding hydrogens is 230 g/mol. The molecule has 0 aliphatic carbocycles. The van der Waals surface area contributed by atoms with Crippen LogP contribution in [0.3, 0.4) is 0 Å². The third-order valence-corrected chi connectivity index (χ3v) is 2.59. The molecule has 0 atom stereocenters. The summed E-state index contributed by atoms with van der Waals surface area (Å²) in [6.07, 6.45) is 1.34. The van der Waals surface area contributed by atoms with Crippen LogP contribution in [-0.4, -0.2) is 35.2 Å². The maximum absolute atomic E-state index is 11.9. The van der Waals surface area contributed by atoms with E-state index in [9.17, 15) is 4.79 Å². The van der Waals surface area contributed by atoms with Crippen LogP contribution in [0.1, 0.15) is 15.9 Å². The van der Waals surface area contributed by atoms with Crippen LogP contribution in [0, 0.1) is 6.92 Å². The van der Waals surface area contributed by atoms with E-state index in [-0.39, 0.29) is 5.91 Å². The summed E-state index contributed by atoms with van der Waals surface area (Å²) >= 11 is 0. The van der Waals surface area contributed by atoms with Gasteiger partial charge in [-0.15, -0.1) is 0 Å². The summed E-state index contributed by atoms with van der Waals surface area (Å²) in [7, 11) is 3.94. The first kappa shape index (κ1) is 12.1. The van der Waals surface area contributed by atoms with Gasteiger partial charge in [-0.3, -0.25) is 10.1 Å². The van der Waals surface area contributed by atoms with Crippen molar-refractivity contribution in [2.24, 2.45) is 0 Å². The van der Waals surface area contributed by atoms with Gasteiger partial charge < -0.3 is 4.90 Å². The molecule has 18 heavy (non-hydrogen) atoms. The summed E-state index contributed by atoms with van der Waals surface area (Å²) in [4.78, 5) is 17.8. The van der Waals surface area contributed by atoms with Crippen molar-refractivity contribution in [3.05, 3.63) is 35.7 Å². The minimum absolute atomic E-state index is 0.208. The molecule has 2 N–H and O–H groups in total. The number of aryl methyl sites for hydroxylation is 1. The monoisotopic (exact) mass is 245 g/mol. The molecule has 1 heterocycles. The highest BCUT2D eigenvalue weighted by Gasteiger charge is 2.09. The van der Waals surface area contributed by atoms with Crippen LogP contribution in [0.4, 0.5) is 11.6 Å². The maximum atomic E-state index is 11.9. The molecule has 94 valence electrons. The van der Waals surface area contributed by atoms with Gasteiger partial charge in [-0.1, -0.05) is 0 Å². The van der Waals surface area contributed by atoms with Gasteiger partial charge in [0.2, 0.25) is 5.95 Å². The molecule has 0 bridgehead atoms. The summed E-state index contributed by atoms with van der Waals surface area (Å²) in [5.74, 6) is 0.134. The van der Waals surface area contributed by atoms with Crippen LogP contribution in [-0.2, 0) is 0 Å². The van der Waals surface area contributed by atoms with Gasteiger partial charge in [-0.05, 0) is 30.7 Å². The fourth-order valence-electron chi connectivity index (χ4n) is 1.74. The van der Waals surface area contributed by atoms with Gasteiger partial charge in [-0.2, -0.15) is 10.1 Å². The number of rotatable bonds is 3. The first-order valence-corrected chi connectivity index (χ1v) is 5.52. The minimum atomic E-state index is -0.208. The highest BCUT2D eigenvalue weighted by molar-refractivity contribution is 6.03. The predicted molar refractivity (Wildman–Crippen MR) is 69.8 cm³/mol. The quantitative estimate of drug-likeness (QED) is 0.858. The topological polar surface area (TPSA) is 73.9 Å². The Hall–Kier alpha value is -2.37. The van der Waals surface area contributed by atoms with Crippen LogP contribution in [0.2, 0.25) is 0 Å². The van der Waals surface area contributed by atoms with Crippen LogP contribution >= 0.6 is 0 Å². The zero-order valence-corrected chi connectivity index (χ0v) is 10.6. The van der Waals surface area contributed by atoms with E-state index in [0.717, 1.165) is 11.3 Å². The van der Waals surface area contributed by atoms with Crippen molar-refractivity contribution in [3.63, 3.8) is 0 Å². The van der Waals surface area contributed by atoms with E-state index in [1.807, 2.05) is 38.1 Å². The number of carbonyl (C=O) groups excluding carboxylic acids is 1. The summed E-state index contributed by atoms with van der Waals surface area (Å²) in [5.41, 5.74) is 2.73. The molecule has 0 spiro atoms. The number of carbonyl (C=O) groups is 1. The van der Waals surface area contributed by atoms with E-state index in [4.69, 9.17) is 0 Å². The third kappa shape index (κ3) is 2.48. The van der Waals surface area contributed by atoms with Gasteiger partial charge >= 0.3 is 0 Å². The zero-order chi connectivity index (χ0) is 13.1. The SMILES string of the molecule is Cc1cc(C(=O)Nc2ncn[nH]2)ccc1N(C)C. The van der Waals surface area contributed by atoms with Crippen molar-refractivity contribution in [2.45, 2.75) is 6.92 Å². The number of hydrogen-bond acceptors (Lipinski definition) is 4. The number of H-pyrrole nitrogens is 1. The Morgan fingerprint density at radius 2 is 2.17 bits per heavy atom. The highest BCUT2D eigenvalue weighted by atomic mass is 16.1. The van der Waals surface area contributed by atoms with E-state index < -0.39 is 0 Å². The van der Waals surface area contributed by atoms with Crippen molar-refractivity contribution in [1.82, 2.24) is 15.2 Å². The van der Waals surface area contributed by atoms with E-state index in [0.29, 0.717) is 11.5 Å². The van der Waals surface area contributed by atoms with Crippen molar-refractivity contribution in [1.29, 1.82) is 0 Å². The number of hydrogen-bond donors (Lipinski definition) is 2. The Morgan fingerprint density at radius 1 is 1.39 bits per heavy atom. The van der Waals surface area contributed by atoms with Crippen LogP contribution in [0.25, 0.3) is 0 Å². The lowest BCUT2D eigenvalue weighted by Gasteiger charge is -2.16. The van der Waals surface area contributed by atoms with E-state index in [1.165, 1.54) is 6.33 Å². The Balaban J connectivity index is 2.19. The molecule has 0 aliphatic rings. The smallest absolute Gasteiger partial charge is 0.258 e.